The normalized spacial score (nSPS) is 10.9. The molecule has 146 valence electrons. The van der Waals surface area contributed by atoms with Gasteiger partial charge in [-0.3, -0.25) is 14.2 Å². The fraction of sp³-hybridized carbons (Fsp3) is 0.143. The number of rotatable bonds is 6. The average Bonchev–Trinajstić information content (AvgIpc) is 3.20. The Balaban J connectivity index is 1.35. The minimum Gasteiger partial charge on any atom is -0.354 e. The maximum atomic E-state index is 13.4. The van der Waals surface area contributed by atoms with E-state index in [0.29, 0.717) is 18.5 Å². The Kier molecular flexibility index (Phi) is 5.15. The average molecular weight is 391 g/mol. The zero-order chi connectivity index (χ0) is 20.2. The maximum Gasteiger partial charge on any atom is 0.261 e. The summed E-state index contributed by atoms with van der Waals surface area (Å²) in [6, 6.07) is 15.4. The number of carbonyl (C=O) groups is 1. The summed E-state index contributed by atoms with van der Waals surface area (Å²) in [6.45, 7) is 0.200. The van der Waals surface area contributed by atoms with E-state index in [1.807, 2.05) is 42.6 Å². The summed E-state index contributed by atoms with van der Waals surface area (Å²) in [5.41, 5.74) is 1.74. The molecule has 0 aliphatic rings. The molecule has 0 bridgehead atoms. The van der Waals surface area contributed by atoms with Crippen molar-refractivity contribution in [2.45, 2.75) is 13.0 Å². The molecular formula is C21H18FN5O2. The predicted molar refractivity (Wildman–Crippen MR) is 106 cm³/mol. The molecule has 0 saturated carbocycles. The second kappa shape index (κ2) is 8.05. The molecule has 0 aliphatic heterocycles. The Morgan fingerprint density at radius 1 is 1.10 bits per heavy atom. The molecule has 4 aromatic rings. The largest absolute Gasteiger partial charge is 0.354 e. The molecule has 0 atom stereocenters. The first kappa shape index (κ1) is 18.5. The van der Waals surface area contributed by atoms with E-state index in [4.69, 9.17) is 0 Å². The van der Waals surface area contributed by atoms with Crippen LogP contribution in [-0.4, -0.2) is 31.8 Å². The Labute approximate surface area is 165 Å². The zero-order valence-electron chi connectivity index (χ0n) is 15.5. The second-order valence-corrected chi connectivity index (χ2v) is 6.53. The zero-order valence-corrected chi connectivity index (χ0v) is 15.5. The minimum atomic E-state index is -0.520. The van der Waals surface area contributed by atoms with Crippen LogP contribution in [0.15, 0.2) is 71.9 Å². The van der Waals surface area contributed by atoms with Gasteiger partial charge in [0.1, 0.15) is 12.4 Å². The van der Waals surface area contributed by atoms with E-state index < -0.39 is 11.4 Å². The van der Waals surface area contributed by atoms with Crippen LogP contribution in [0.5, 0.6) is 0 Å². The highest BCUT2D eigenvalue weighted by atomic mass is 19.1. The van der Waals surface area contributed by atoms with Crippen molar-refractivity contribution in [3.8, 4) is 5.69 Å². The molecule has 4 rings (SSSR count). The molecular weight excluding hydrogens is 373 g/mol. The van der Waals surface area contributed by atoms with Crippen LogP contribution in [0.25, 0.3) is 16.6 Å². The number of para-hydroxylation sites is 1. The summed E-state index contributed by atoms with van der Waals surface area (Å²) in [7, 11) is 0. The molecule has 0 aliphatic carbocycles. The van der Waals surface area contributed by atoms with Crippen LogP contribution in [0.4, 0.5) is 4.39 Å². The van der Waals surface area contributed by atoms with Crippen LogP contribution in [0.3, 0.4) is 0 Å². The summed E-state index contributed by atoms with van der Waals surface area (Å²) in [5, 5.41) is 7.39. The molecule has 7 nitrogen and oxygen atoms in total. The number of hydrogen-bond donors (Lipinski definition) is 1. The summed E-state index contributed by atoms with van der Waals surface area (Å²) in [6.07, 6.45) is 3.72. The molecule has 0 radical (unpaired) electrons. The number of aromatic nitrogens is 4. The molecule has 0 saturated heterocycles. The van der Waals surface area contributed by atoms with Crippen LogP contribution in [0.2, 0.25) is 0 Å². The predicted octanol–water partition coefficient (Wildman–Crippen LogP) is 2.08. The van der Waals surface area contributed by atoms with Gasteiger partial charge < -0.3 is 5.32 Å². The van der Waals surface area contributed by atoms with E-state index in [2.05, 4.69) is 15.4 Å². The molecule has 8 heteroatoms. The van der Waals surface area contributed by atoms with Crippen molar-refractivity contribution in [1.29, 1.82) is 0 Å². The second-order valence-electron chi connectivity index (χ2n) is 6.53. The van der Waals surface area contributed by atoms with Gasteiger partial charge >= 0.3 is 0 Å². The highest BCUT2D eigenvalue weighted by molar-refractivity contribution is 5.79. The van der Waals surface area contributed by atoms with Gasteiger partial charge in [0.15, 0.2) is 0 Å². The number of nitrogens with zero attached hydrogens (tertiary/aromatic N) is 4. The molecule has 0 fully saturated rings. The summed E-state index contributed by atoms with van der Waals surface area (Å²) < 4.78 is 16.3. The Hall–Kier alpha value is -3.81. The minimum absolute atomic E-state index is 0.145. The molecule has 29 heavy (non-hydrogen) atoms. The number of nitrogens with one attached hydrogen (secondary N) is 1. The van der Waals surface area contributed by atoms with E-state index in [0.717, 1.165) is 17.4 Å². The Morgan fingerprint density at radius 3 is 2.76 bits per heavy atom. The fourth-order valence-electron chi connectivity index (χ4n) is 3.00. The van der Waals surface area contributed by atoms with Gasteiger partial charge in [-0.1, -0.05) is 18.2 Å². The first-order valence-corrected chi connectivity index (χ1v) is 9.11. The van der Waals surface area contributed by atoms with Crippen molar-refractivity contribution in [1.82, 2.24) is 24.6 Å². The van der Waals surface area contributed by atoms with Gasteiger partial charge in [0, 0.05) is 19.2 Å². The van der Waals surface area contributed by atoms with Gasteiger partial charge in [-0.2, -0.15) is 5.10 Å². The van der Waals surface area contributed by atoms with E-state index in [1.54, 1.807) is 4.68 Å². The number of amides is 1. The van der Waals surface area contributed by atoms with Gasteiger partial charge in [0.25, 0.3) is 5.56 Å². The Morgan fingerprint density at radius 2 is 1.93 bits per heavy atom. The van der Waals surface area contributed by atoms with Gasteiger partial charge in [0.2, 0.25) is 5.91 Å². The molecule has 0 unspecified atom stereocenters. The van der Waals surface area contributed by atoms with E-state index in [1.165, 1.54) is 23.0 Å². The quantitative estimate of drug-likeness (QED) is 0.546. The van der Waals surface area contributed by atoms with E-state index >= 15 is 0 Å². The molecule has 1 amide bonds. The summed E-state index contributed by atoms with van der Waals surface area (Å²) >= 11 is 0. The van der Waals surface area contributed by atoms with Crippen molar-refractivity contribution < 1.29 is 9.18 Å². The monoisotopic (exact) mass is 391 g/mol. The first-order valence-electron chi connectivity index (χ1n) is 9.11. The van der Waals surface area contributed by atoms with Gasteiger partial charge in [-0.15, -0.1) is 0 Å². The lowest BCUT2D eigenvalue weighted by atomic mass is 10.2. The SMILES string of the molecule is O=C(Cn1cnc2ccc(F)cc2c1=O)NCCc1ccn(-c2ccccc2)n1. The molecule has 2 aromatic carbocycles. The lowest BCUT2D eigenvalue weighted by Gasteiger charge is -2.07. The van der Waals surface area contributed by atoms with Crippen molar-refractivity contribution in [2.75, 3.05) is 6.54 Å². The van der Waals surface area contributed by atoms with Crippen LogP contribution in [0, 0.1) is 5.82 Å². The maximum absolute atomic E-state index is 13.4. The number of carbonyl (C=O) groups excluding carboxylic acids is 1. The first-order chi connectivity index (χ1) is 14.1. The number of benzene rings is 2. The highest BCUT2D eigenvalue weighted by Crippen LogP contribution is 2.09. The molecule has 0 spiro atoms. The Bertz CT molecular complexity index is 1220. The third-order valence-electron chi connectivity index (χ3n) is 4.47. The van der Waals surface area contributed by atoms with E-state index in [9.17, 15) is 14.0 Å². The third-order valence-corrected chi connectivity index (χ3v) is 4.47. The van der Waals surface area contributed by atoms with Crippen molar-refractivity contribution in [3.05, 3.63) is 89.0 Å². The van der Waals surface area contributed by atoms with Gasteiger partial charge in [-0.05, 0) is 36.4 Å². The fourth-order valence-corrected chi connectivity index (χ4v) is 3.00. The smallest absolute Gasteiger partial charge is 0.261 e. The summed E-state index contributed by atoms with van der Waals surface area (Å²) in [4.78, 5) is 28.7. The van der Waals surface area contributed by atoms with Crippen LogP contribution >= 0.6 is 0 Å². The topological polar surface area (TPSA) is 81.8 Å². The third kappa shape index (κ3) is 4.21. The standard InChI is InChI=1S/C21H18FN5O2/c22-15-6-7-19-18(12-15)21(29)26(14-24-19)13-20(28)23-10-8-16-9-11-27(25-16)17-4-2-1-3-5-17/h1-7,9,11-12,14H,8,10,13H2,(H,23,28). The van der Waals surface area contributed by atoms with Crippen LogP contribution in [-0.2, 0) is 17.8 Å². The molecule has 1 N–H and O–H groups in total. The lowest BCUT2D eigenvalue weighted by molar-refractivity contribution is -0.121. The van der Waals surface area contributed by atoms with Crippen molar-refractivity contribution >= 4 is 16.8 Å². The van der Waals surface area contributed by atoms with E-state index in [-0.39, 0.29) is 17.8 Å². The van der Waals surface area contributed by atoms with Gasteiger partial charge in [0.05, 0.1) is 28.6 Å². The lowest BCUT2D eigenvalue weighted by Crippen LogP contribution is -2.33. The number of fused-ring (bicyclic) bond motifs is 1. The highest BCUT2D eigenvalue weighted by Gasteiger charge is 2.09. The van der Waals surface area contributed by atoms with Crippen LogP contribution in [0.1, 0.15) is 5.69 Å². The molecule has 2 aromatic heterocycles. The van der Waals surface area contributed by atoms with Crippen molar-refractivity contribution in [3.63, 3.8) is 0 Å². The van der Waals surface area contributed by atoms with Crippen molar-refractivity contribution in [2.24, 2.45) is 0 Å². The van der Waals surface area contributed by atoms with Crippen LogP contribution < -0.4 is 10.9 Å². The van der Waals surface area contributed by atoms with Gasteiger partial charge in [-0.25, -0.2) is 14.1 Å². The molecule has 2 heterocycles. The number of hydrogen-bond acceptors (Lipinski definition) is 4. The summed E-state index contributed by atoms with van der Waals surface area (Å²) in [5.74, 6) is -0.847. The number of halogens is 1.